The summed E-state index contributed by atoms with van der Waals surface area (Å²) in [6.07, 6.45) is 0. The second kappa shape index (κ2) is 10.3. The van der Waals surface area contributed by atoms with Crippen LogP contribution in [-0.2, 0) is 14.8 Å². The number of halogens is 1. The van der Waals surface area contributed by atoms with Crippen LogP contribution in [0, 0.1) is 0 Å². The highest BCUT2D eigenvalue weighted by molar-refractivity contribution is 7.92. The Hall–Kier alpha value is -3.36. The molecule has 3 aromatic carbocycles. The summed E-state index contributed by atoms with van der Waals surface area (Å²) < 4.78 is 31.0. The van der Waals surface area contributed by atoms with E-state index >= 15 is 0 Å². The number of nitrogens with one attached hydrogen (secondary N) is 2. The van der Waals surface area contributed by atoms with Crippen molar-refractivity contribution in [1.29, 1.82) is 0 Å². The van der Waals surface area contributed by atoms with Gasteiger partial charge in [-0.15, -0.1) is 0 Å². The molecule has 0 atom stereocenters. The fourth-order valence-electron chi connectivity index (χ4n) is 2.69. The van der Waals surface area contributed by atoms with E-state index in [1.165, 1.54) is 0 Å². The fourth-order valence-corrected chi connectivity index (χ4v) is 3.46. The lowest BCUT2D eigenvalue weighted by molar-refractivity contribution is -0.118. The molecular weight excluding hydrogens is 452 g/mol. The maximum atomic E-state index is 12.5. The normalized spacial score (nSPS) is 10.9. The van der Waals surface area contributed by atoms with Gasteiger partial charge in [0, 0.05) is 27.5 Å². The zero-order chi connectivity index (χ0) is 23.1. The first-order valence-electron chi connectivity index (χ1n) is 9.69. The third-order valence-electron chi connectivity index (χ3n) is 4.41. The van der Waals surface area contributed by atoms with Crippen molar-refractivity contribution in [3.63, 3.8) is 0 Å². The van der Waals surface area contributed by atoms with E-state index in [0.29, 0.717) is 33.3 Å². The van der Waals surface area contributed by atoms with Gasteiger partial charge in [0.2, 0.25) is 10.0 Å². The van der Waals surface area contributed by atoms with Gasteiger partial charge in [-0.25, -0.2) is 8.42 Å². The van der Waals surface area contributed by atoms with Gasteiger partial charge in [-0.05, 0) is 79.7 Å². The number of ether oxygens (including phenoxy) is 1. The predicted molar refractivity (Wildman–Crippen MR) is 125 cm³/mol. The molecule has 0 radical (unpaired) electrons. The van der Waals surface area contributed by atoms with Crippen LogP contribution >= 0.6 is 11.6 Å². The van der Waals surface area contributed by atoms with Crippen LogP contribution in [0.1, 0.15) is 22.8 Å². The lowest BCUT2D eigenvalue weighted by atomic mass is 10.0. The van der Waals surface area contributed by atoms with Crippen LogP contribution in [0.3, 0.4) is 0 Å². The average molecular weight is 473 g/mol. The van der Waals surface area contributed by atoms with Crippen LogP contribution in [0.25, 0.3) is 0 Å². The van der Waals surface area contributed by atoms with Crippen LogP contribution < -0.4 is 14.8 Å². The van der Waals surface area contributed by atoms with Crippen molar-refractivity contribution < 1.29 is 22.7 Å². The van der Waals surface area contributed by atoms with E-state index in [9.17, 15) is 18.0 Å². The topological polar surface area (TPSA) is 102 Å². The Morgan fingerprint density at radius 2 is 1.38 bits per heavy atom. The van der Waals surface area contributed by atoms with E-state index in [2.05, 4.69) is 10.0 Å². The molecule has 0 spiro atoms. The Balaban J connectivity index is 1.51. The Morgan fingerprint density at radius 1 is 0.844 bits per heavy atom. The van der Waals surface area contributed by atoms with Gasteiger partial charge in [-0.2, -0.15) is 0 Å². The van der Waals surface area contributed by atoms with Gasteiger partial charge in [-0.3, -0.25) is 14.3 Å². The molecule has 1 amide bonds. The summed E-state index contributed by atoms with van der Waals surface area (Å²) in [6.45, 7) is 1.32. The molecule has 0 aliphatic heterocycles. The summed E-state index contributed by atoms with van der Waals surface area (Å²) in [5.41, 5.74) is 1.93. The fraction of sp³-hybridized carbons (Fsp3) is 0.130. The zero-order valence-electron chi connectivity index (χ0n) is 17.2. The minimum absolute atomic E-state index is 0.0287. The average Bonchev–Trinajstić information content (AvgIpc) is 2.79. The molecule has 9 heteroatoms. The first kappa shape index (κ1) is 23.3. The SMILES string of the molecule is CCS(=O)(=O)Nc1ccc(NC(=O)COc2ccc(C(=O)c3ccc(Cl)cc3)cc2)cc1. The highest BCUT2D eigenvalue weighted by atomic mass is 35.5. The van der Waals surface area contributed by atoms with E-state index in [-0.39, 0.29) is 24.1 Å². The van der Waals surface area contributed by atoms with Crippen molar-refractivity contribution in [2.75, 3.05) is 22.4 Å². The Bertz CT molecular complexity index is 1190. The quantitative estimate of drug-likeness (QED) is 0.451. The summed E-state index contributed by atoms with van der Waals surface area (Å²) in [7, 11) is -3.36. The summed E-state index contributed by atoms with van der Waals surface area (Å²) in [4.78, 5) is 24.6. The van der Waals surface area contributed by atoms with Crippen molar-refractivity contribution in [3.05, 3.63) is 88.9 Å². The molecule has 32 heavy (non-hydrogen) atoms. The molecule has 0 bridgehead atoms. The maximum absolute atomic E-state index is 12.5. The Labute approximate surface area is 191 Å². The molecule has 7 nitrogen and oxygen atoms in total. The highest BCUT2D eigenvalue weighted by Crippen LogP contribution is 2.18. The van der Waals surface area contributed by atoms with Gasteiger partial charge in [0.15, 0.2) is 12.4 Å². The molecule has 0 unspecified atom stereocenters. The number of hydrogen-bond donors (Lipinski definition) is 2. The van der Waals surface area contributed by atoms with Crippen molar-refractivity contribution in [3.8, 4) is 5.75 Å². The minimum Gasteiger partial charge on any atom is -0.484 e. The van der Waals surface area contributed by atoms with Gasteiger partial charge in [0.1, 0.15) is 5.75 Å². The van der Waals surface area contributed by atoms with Crippen LogP contribution in [0.5, 0.6) is 5.75 Å². The number of benzene rings is 3. The van der Waals surface area contributed by atoms with Crippen LogP contribution in [0.15, 0.2) is 72.8 Å². The van der Waals surface area contributed by atoms with Crippen LogP contribution in [0.4, 0.5) is 11.4 Å². The molecule has 0 aliphatic carbocycles. The van der Waals surface area contributed by atoms with Gasteiger partial charge in [0.25, 0.3) is 5.91 Å². The zero-order valence-corrected chi connectivity index (χ0v) is 18.7. The number of carbonyl (C=O) groups is 2. The number of hydrogen-bond acceptors (Lipinski definition) is 5. The molecule has 0 saturated heterocycles. The second-order valence-electron chi connectivity index (χ2n) is 6.78. The van der Waals surface area contributed by atoms with E-state index in [1.54, 1.807) is 79.7 Å². The predicted octanol–water partition coefficient (Wildman–Crippen LogP) is 4.35. The lowest BCUT2D eigenvalue weighted by Crippen LogP contribution is -2.20. The lowest BCUT2D eigenvalue weighted by Gasteiger charge is -2.10. The molecule has 3 rings (SSSR count). The summed E-state index contributed by atoms with van der Waals surface area (Å²) in [5, 5.41) is 3.22. The van der Waals surface area contributed by atoms with Crippen LogP contribution in [0.2, 0.25) is 5.02 Å². The molecular formula is C23H21ClN2O5S. The van der Waals surface area contributed by atoms with E-state index in [4.69, 9.17) is 16.3 Å². The summed E-state index contributed by atoms with van der Waals surface area (Å²) in [6, 6.07) is 19.4. The standard InChI is InChI=1S/C23H21ClN2O5S/c1-2-32(29,30)26-20-11-9-19(10-12-20)25-22(27)15-31-21-13-5-17(6-14-21)23(28)16-3-7-18(24)8-4-16/h3-14,26H,2,15H2,1H3,(H,25,27). The third kappa shape index (κ3) is 6.57. The van der Waals surface area contributed by atoms with Crippen LogP contribution in [-0.4, -0.2) is 32.5 Å². The van der Waals surface area contributed by atoms with Gasteiger partial charge < -0.3 is 10.1 Å². The summed E-state index contributed by atoms with van der Waals surface area (Å²) in [5.74, 6) is -0.111. The Kier molecular flexibility index (Phi) is 7.50. The van der Waals surface area contributed by atoms with Crippen molar-refractivity contribution in [2.45, 2.75) is 6.92 Å². The van der Waals surface area contributed by atoms with E-state index < -0.39 is 10.0 Å². The Morgan fingerprint density at radius 3 is 1.94 bits per heavy atom. The number of ketones is 1. The van der Waals surface area contributed by atoms with E-state index in [1.807, 2.05) is 0 Å². The molecule has 3 aromatic rings. The largest absolute Gasteiger partial charge is 0.484 e. The molecule has 166 valence electrons. The molecule has 0 aliphatic rings. The number of sulfonamides is 1. The first-order valence-corrected chi connectivity index (χ1v) is 11.7. The third-order valence-corrected chi connectivity index (χ3v) is 5.97. The van der Waals surface area contributed by atoms with E-state index in [0.717, 1.165) is 0 Å². The molecule has 2 N–H and O–H groups in total. The smallest absolute Gasteiger partial charge is 0.262 e. The molecule has 0 saturated carbocycles. The number of amides is 1. The number of anilines is 2. The minimum atomic E-state index is -3.36. The van der Waals surface area contributed by atoms with Crippen molar-refractivity contribution in [2.24, 2.45) is 0 Å². The van der Waals surface area contributed by atoms with Crippen molar-refractivity contribution >= 4 is 44.7 Å². The maximum Gasteiger partial charge on any atom is 0.262 e. The highest BCUT2D eigenvalue weighted by Gasteiger charge is 2.10. The number of rotatable bonds is 9. The summed E-state index contributed by atoms with van der Waals surface area (Å²) >= 11 is 5.84. The van der Waals surface area contributed by atoms with Gasteiger partial charge >= 0.3 is 0 Å². The van der Waals surface area contributed by atoms with Crippen molar-refractivity contribution in [1.82, 2.24) is 0 Å². The monoisotopic (exact) mass is 472 g/mol. The first-order chi connectivity index (χ1) is 15.3. The molecule has 0 aromatic heterocycles. The molecule has 0 fully saturated rings. The number of carbonyl (C=O) groups excluding carboxylic acids is 2. The molecule has 0 heterocycles. The van der Waals surface area contributed by atoms with Gasteiger partial charge in [0.05, 0.1) is 5.75 Å². The second-order valence-corrected chi connectivity index (χ2v) is 9.23. The van der Waals surface area contributed by atoms with Gasteiger partial charge in [-0.1, -0.05) is 11.6 Å².